The first kappa shape index (κ1) is 18.1. The maximum Gasteiger partial charge on any atom is 0.349 e. The molecule has 0 spiro atoms. The second-order valence-corrected chi connectivity index (χ2v) is 7.07. The molecule has 1 aromatic heterocycles. The molecule has 3 rings (SSSR count). The van der Waals surface area contributed by atoms with Crippen LogP contribution in [0.3, 0.4) is 0 Å². The Balaban J connectivity index is 1.65. The third kappa shape index (κ3) is 3.91. The number of hydrogen-bond donors (Lipinski definition) is 0. The number of benzene rings is 2. The molecule has 1 amide bonds. The first-order chi connectivity index (χ1) is 12.5. The summed E-state index contributed by atoms with van der Waals surface area (Å²) in [7, 11) is 1.66. The van der Waals surface area contributed by atoms with Crippen molar-refractivity contribution in [2.24, 2.45) is 0 Å². The van der Waals surface area contributed by atoms with Gasteiger partial charge < -0.3 is 9.64 Å². The summed E-state index contributed by atoms with van der Waals surface area (Å²) in [6.45, 7) is 1.96. The molecule has 0 aliphatic carbocycles. The van der Waals surface area contributed by atoms with Crippen molar-refractivity contribution in [3.8, 4) is 0 Å². The van der Waals surface area contributed by atoms with E-state index in [1.165, 1.54) is 24.0 Å². The number of rotatable bonds is 5. The molecular formula is C20H18FNO3S. The maximum absolute atomic E-state index is 13.8. The highest BCUT2D eigenvalue weighted by molar-refractivity contribution is 7.20. The molecular weight excluding hydrogens is 353 g/mol. The molecule has 0 saturated heterocycles. The molecule has 0 N–H and O–H groups in total. The van der Waals surface area contributed by atoms with Crippen LogP contribution < -0.4 is 0 Å². The van der Waals surface area contributed by atoms with Crippen molar-refractivity contribution in [2.75, 3.05) is 7.05 Å². The number of fused-ring (bicyclic) bond motifs is 1. The molecule has 0 bridgehead atoms. The van der Waals surface area contributed by atoms with Gasteiger partial charge in [0.15, 0.2) is 6.10 Å². The van der Waals surface area contributed by atoms with Crippen LogP contribution in [0.4, 0.5) is 4.39 Å². The molecule has 2 aromatic carbocycles. The number of thiophene rings is 1. The van der Waals surface area contributed by atoms with Crippen LogP contribution in [0.1, 0.15) is 22.2 Å². The van der Waals surface area contributed by atoms with Gasteiger partial charge in [0.2, 0.25) is 0 Å². The molecule has 1 atom stereocenters. The minimum Gasteiger partial charge on any atom is -0.448 e. The maximum atomic E-state index is 13.8. The third-order valence-corrected chi connectivity index (χ3v) is 5.06. The summed E-state index contributed by atoms with van der Waals surface area (Å²) in [5.74, 6) is -1.31. The fraction of sp³-hybridized carbons (Fsp3) is 0.200. The van der Waals surface area contributed by atoms with E-state index >= 15 is 0 Å². The van der Waals surface area contributed by atoms with Crippen LogP contribution in [0.2, 0.25) is 0 Å². The zero-order valence-electron chi connectivity index (χ0n) is 14.4. The average Bonchev–Trinajstić information content (AvgIpc) is 3.07. The topological polar surface area (TPSA) is 46.6 Å². The Kier molecular flexibility index (Phi) is 5.32. The molecule has 1 heterocycles. The van der Waals surface area contributed by atoms with E-state index in [-0.39, 0.29) is 16.6 Å². The first-order valence-electron chi connectivity index (χ1n) is 8.13. The zero-order valence-corrected chi connectivity index (χ0v) is 15.3. The fourth-order valence-corrected chi connectivity index (χ4v) is 3.60. The number of esters is 1. The Bertz CT molecular complexity index is 939. The van der Waals surface area contributed by atoms with E-state index < -0.39 is 12.1 Å². The monoisotopic (exact) mass is 371 g/mol. The van der Waals surface area contributed by atoms with E-state index in [4.69, 9.17) is 4.74 Å². The highest BCUT2D eigenvalue weighted by Gasteiger charge is 2.23. The van der Waals surface area contributed by atoms with Crippen molar-refractivity contribution in [3.63, 3.8) is 0 Å². The van der Waals surface area contributed by atoms with E-state index in [9.17, 15) is 14.0 Å². The molecule has 0 unspecified atom stereocenters. The minimum atomic E-state index is -0.925. The van der Waals surface area contributed by atoms with Crippen LogP contribution in [0, 0.1) is 5.82 Å². The number of carbonyl (C=O) groups is 2. The van der Waals surface area contributed by atoms with Crippen molar-refractivity contribution in [1.82, 2.24) is 4.90 Å². The third-order valence-electron chi connectivity index (χ3n) is 3.98. The van der Waals surface area contributed by atoms with Gasteiger partial charge in [0, 0.05) is 23.7 Å². The lowest BCUT2D eigenvalue weighted by Gasteiger charge is -2.21. The Morgan fingerprint density at radius 2 is 1.88 bits per heavy atom. The number of ether oxygens (including phenoxy) is 1. The summed E-state index contributed by atoms with van der Waals surface area (Å²) in [6.07, 6.45) is -0.925. The predicted octanol–water partition coefficient (Wildman–Crippen LogP) is 4.24. The van der Waals surface area contributed by atoms with E-state index in [0.717, 1.165) is 16.9 Å². The van der Waals surface area contributed by atoms with Crippen LogP contribution >= 0.6 is 11.3 Å². The molecule has 134 valence electrons. The van der Waals surface area contributed by atoms with Crippen LogP contribution in [0.25, 0.3) is 10.1 Å². The lowest BCUT2D eigenvalue weighted by atomic mass is 10.2. The summed E-state index contributed by atoms with van der Waals surface area (Å²) in [5.41, 5.74) is 0.988. The Hall–Kier alpha value is -2.73. The van der Waals surface area contributed by atoms with E-state index in [2.05, 4.69) is 0 Å². The molecule has 3 aromatic rings. The summed E-state index contributed by atoms with van der Waals surface area (Å²) < 4.78 is 19.7. The van der Waals surface area contributed by atoms with Crippen LogP contribution in [-0.4, -0.2) is 29.9 Å². The lowest BCUT2D eigenvalue weighted by molar-refractivity contribution is -0.139. The summed E-state index contributed by atoms with van der Waals surface area (Å²) >= 11 is 1.14. The van der Waals surface area contributed by atoms with Gasteiger partial charge in [0.25, 0.3) is 5.91 Å². The van der Waals surface area contributed by atoms with Gasteiger partial charge in [-0.25, -0.2) is 9.18 Å². The van der Waals surface area contributed by atoms with Gasteiger partial charge in [-0.3, -0.25) is 4.79 Å². The number of carbonyl (C=O) groups excluding carboxylic acids is 2. The van der Waals surface area contributed by atoms with Gasteiger partial charge in [0.05, 0.1) is 0 Å². The highest BCUT2D eigenvalue weighted by Crippen LogP contribution is 2.28. The van der Waals surface area contributed by atoms with Crippen molar-refractivity contribution in [3.05, 3.63) is 70.9 Å². The van der Waals surface area contributed by atoms with E-state index in [1.54, 1.807) is 19.2 Å². The second kappa shape index (κ2) is 7.66. The van der Waals surface area contributed by atoms with Gasteiger partial charge in [-0.1, -0.05) is 36.4 Å². The normalized spacial score (nSPS) is 12.0. The molecule has 0 aliphatic heterocycles. The van der Waals surface area contributed by atoms with E-state index in [0.29, 0.717) is 16.6 Å². The lowest BCUT2D eigenvalue weighted by Crippen LogP contribution is -2.37. The van der Waals surface area contributed by atoms with Crippen molar-refractivity contribution >= 4 is 33.3 Å². The second-order valence-electron chi connectivity index (χ2n) is 5.99. The van der Waals surface area contributed by atoms with Crippen LogP contribution in [-0.2, 0) is 16.1 Å². The summed E-state index contributed by atoms with van der Waals surface area (Å²) in [6, 6.07) is 15.7. The van der Waals surface area contributed by atoms with Crippen molar-refractivity contribution in [2.45, 2.75) is 19.6 Å². The van der Waals surface area contributed by atoms with E-state index in [1.807, 2.05) is 30.3 Å². The molecule has 4 nitrogen and oxygen atoms in total. The smallest absolute Gasteiger partial charge is 0.349 e. The molecule has 0 radical (unpaired) electrons. The fourth-order valence-electron chi connectivity index (χ4n) is 2.64. The number of halogens is 1. The largest absolute Gasteiger partial charge is 0.448 e. The predicted molar refractivity (Wildman–Crippen MR) is 99.6 cm³/mol. The van der Waals surface area contributed by atoms with Gasteiger partial charge >= 0.3 is 5.97 Å². The Morgan fingerprint density at radius 1 is 1.15 bits per heavy atom. The van der Waals surface area contributed by atoms with Crippen LogP contribution in [0.5, 0.6) is 0 Å². The number of nitrogens with zero attached hydrogens (tertiary/aromatic N) is 1. The first-order valence-corrected chi connectivity index (χ1v) is 8.95. The summed E-state index contributed by atoms with van der Waals surface area (Å²) in [4.78, 5) is 26.5. The molecule has 6 heteroatoms. The van der Waals surface area contributed by atoms with Gasteiger partial charge in [0.1, 0.15) is 10.7 Å². The zero-order chi connectivity index (χ0) is 18.7. The molecule has 0 saturated carbocycles. The molecule has 0 fully saturated rings. The average molecular weight is 371 g/mol. The molecule has 0 aliphatic rings. The SMILES string of the molecule is C[C@H](OC(=O)c1cc2c(F)cccc2s1)C(=O)N(C)Cc1ccccc1. The number of hydrogen-bond acceptors (Lipinski definition) is 4. The van der Waals surface area contributed by atoms with Gasteiger partial charge in [-0.15, -0.1) is 11.3 Å². The Morgan fingerprint density at radius 3 is 2.58 bits per heavy atom. The standard InChI is InChI=1S/C20H18FNO3S/c1-13(19(23)22(2)12-14-7-4-3-5-8-14)25-20(24)18-11-15-16(21)9-6-10-17(15)26-18/h3-11,13H,12H2,1-2H3/t13-/m0/s1. The van der Waals surface area contributed by atoms with Gasteiger partial charge in [-0.05, 0) is 30.7 Å². The van der Waals surface area contributed by atoms with Crippen LogP contribution in [0.15, 0.2) is 54.6 Å². The van der Waals surface area contributed by atoms with Crippen molar-refractivity contribution in [1.29, 1.82) is 0 Å². The highest BCUT2D eigenvalue weighted by atomic mass is 32.1. The summed E-state index contributed by atoms with van der Waals surface area (Å²) in [5, 5.41) is 0.379. The Labute approximate surface area is 154 Å². The minimum absolute atomic E-state index is 0.274. The number of amides is 1. The quantitative estimate of drug-likeness (QED) is 0.630. The van der Waals surface area contributed by atoms with Gasteiger partial charge in [-0.2, -0.15) is 0 Å². The van der Waals surface area contributed by atoms with Crippen molar-refractivity contribution < 1.29 is 18.7 Å². The number of likely N-dealkylation sites (N-methyl/N-ethyl adjacent to an activating group) is 1. The molecule has 26 heavy (non-hydrogen) atoms.